The lowest BCUT2D eigenvalue weighted by atomic mass is 9.98. The first-order valence-corrected chi connectivity index (χ1v) is 11.5. The van der Waals surface area contributed by atoms with E-state index in [1.165, 1.54) is 0 Å². The van der Waals surface area contributed by atoms with E-state index in [1.54, 1.807) is 7.11 Å². The van der Waals surface area contributed by atoms with Crippen LogP contribution in [0.2, 0.25) is 0 Å². The zero-order chi connectivity index (χ0) is 23.6. The third kappa shape index (κ3) is 6.51. The van der Waals surface area contributed by atoms with Crippen molar-refractivity contribution in [2.45, 2.75) is 50.5 Å². The zero-order valence-corrected chi connectivity index (χ0v) is 19.4. The Hall–Kier alpha value is -2.58. The molecule has 0 radical (unpaired) electrons. The smallest absolute Gasteiger partial charge is 0.186 e. The van der Waals surface area contributed by atoms with E-state index in [-0.39, 0.29) is 6.61 Å². The third-order valence-corrected chi connectivity index (χ3v) is 5.86. The van der Waals surface area contributed by atoms with Gasteiger partial charge in [0.25, 0.3) is 0 Å². The van der Waals surface area contributed by atoms with E-state index in [0.717, 1.165) is 16.7 Å². The summed E-state index contributed by atoms with van der Waals surface area (Å²) in [4.78, 5) is 0. The van der Waals surface area contributed by atoms with Crippen LogP contribution >= 0.6 is 0 Å². The minimum absolute atomic E-state index is 0.226. The van der Waals surface area contributed by atoms with Gasteiger partial charge in [-0.3, -0.25) is 0 Å². The number of aliphatic hydroxyl groups excluding tert-OH is 1. The molecule has 0 spiro atoms. The third-order valence-electron chi connectivity index (χ3n) is 5.86. The maximum atomic E-state index is 10.1. The second-order valence-electron chi connectivity index (χ2n) is 8.24. The summed E-state index contributed by atoms with van der Waals surface area (Å²) in [6, 6.07) is 29.8. The van der Waals surface area contributed by atoms with Crippen molar-refractivity contribution in [2.24, 2.45) is 0 Å². The fourth-order valence-electron chi connectivity index (χ4n) is 4.08. The molecule has 1 N–H and O–H groups in total. The summed E-state index contributed by atoms with van der Waals surface area (Å²) in [6.45, 7) is 0.876. The first-order chi connectivity index (χ1) is 16.8. The van der Waals surface area contributed by atoms with Gasteiger partial charge in [-0.1, -0.05) is 91.0 Å². The molecule has 34 heavy (non-hydrogen) atoms. The van der Waals surface area contributed by atoms with Gasteiger partial charge >= 0.3 is 0 Å². The summed E-state index contributed by atoms with van der Waals surface area (Å²) < 4.78 is 30.7. The summed E-state index contributed by atoms with van der Waals surface area (Å²) in [5.41, 5.74) is 3.09. The summed E-state index contributed by atoms with van der Waals surface area (Å²) in [6.07, 6.45) is -2.97. The number of aliphatic hydroxyl groups is 1. The molecular weight excluding hydrogens is 432 g/mol. The van der Waals surface area contributed by atoms with Gasteiger partial charge in [0.15, 0.2) is 6.29 Å². The van der Waals surface area contributed by atoms with Crippen LogP contribution in [0.1, 0.15) is 16.7 Å². The average molecular weight is 465 g/mol. The Bertz CT molecular complexity index is 895. The topological polar surface area (TPSA) is 66.4 Å². The molecule has 1 saturated heterocycles. The van der Waals surface area contributed by atoms with Crippen LogP contribution in [0.3, 0.4) is 0 Å². The number of benzene rings is 3. The maximum absolute atomic E-state index is 10.1. The van der Waals surface area contributed by atoms with Crippen LogP contribution in [0.5, 0.6) is 0 Å². The highest BCUT2D eigenvalue weighted by Gasteiger charge is 2.48. The normalized spacial score (nSPS) is 24.7. The van der Waals surface area contributed by atoms with Crippen LogP contribution < -0.4 is 0 Å². The molecule has 0 bridgehead atoms. The van der Waals surface area contributed by atoms with Gasteiger partial charge in [0.1, 0.15) is 24.4 Å². The number of hydrogen-bond donors (Lipinski definition) is 1. The van der Waals surface area contributed by atoms with Gasteiger partial charge in [0.05, 0.1) is 26.4 Å². The molecule has 6 nitrogen and oxygen atoms in total. The maximum Gasteiger partial charge on any atom is 0.186 e. The van der Waals surface area contributed by atoms with Crippen molar-refractivity contribution >= 4 is 0 Å². The molecule has 1 heterocycles. The lowest BCUT2D eigenvalue weighted by Crippen LogP contribution is -2.61. The molecule has 6 heteroatoms. The lowest BCUT2D eigenvalue weighted by Gasteiger charge is -2.45. The molecule has 1 fully saturated rings. The Morgan fingerprint density at radius 1 is 0.618 bits per heavy atom. The zero-order valence-electron chi connectivity index (χ0n) is 19.4. The SMILES string of the molecule is CO[C@H]1OC(CO)[C@@H](OCc2ccccc2)[C@@H](OCc2ccccc2)C1OCc1ccccc1. The highest BCUT2D eigenvalue weighted by atomic mass is 16.7. The van der Waals surface area contributed by atoms with Gasteiger partial charge in [-0.15, -0.1) is 0 Å². The average Bonchev–Trinajstić information content (AvgIpc) is 2.91. The molecule has 3 aromatic rings. The van der Waals surface area contributed by atoms with Crippen LogP contribution in [0.25, 0.3) is 0 Å². The largest absolute Gasteiger partial charge is 0.394 e. The van der Waals surface area contributed by atoms with Crippen LogP contribution in [0, 0.1) is 0 Å². The van der Waals surface area contributed by atoms with Crippen molar-refractivity contribution in [2.75, 3.05) is 13.7 Å². The molecular formula is C28H32O6. The molecule has 3 aromatic carbocycles. The Morgan fingerprint density at radius 3 is 1.44 bits per heavy atom. The van der Waals surface area contributed by atoms with E-state index >= 15 is 0 Å². The number of ether oxygens (including phenoxy) is 5. The van der Waals surface area contributed by atoms with E-state index in [4.69, 9.17) is 23.7 Å². The second kappa shape index (κ2) is 12.8. The van der Waals surface area contributed by atoms with Crippen molar-refractivity contribution in [3.63, 3.8) is 0 Å². The van der Waals surface area contributed by atoms with Crippen LogP contribution in [-0.2, 0) is 43.5 Å². The van der Waals surface area contributed by atoms with Gasteiger partial charge in [-0.2, -0.15) is 0 Å². The van der Waals surface area contributed by atoms with Crippen LogP contribution in [-0.4, -0.2) is 49.5 Å². The highest BCUT2D eigenvalue weighted by Crippen LogP contribution is 2.30. The summed E-state index contributed by atoms with van der Waals surface area (Å²) >= 11 is 0. The molecule has 1 aliphatic rings. The van der Waals surface area contributed by atoms with Crippen LogP contribution in [0.15, 0.2) is 91.0 Å². The Kier molecular flexibility index (Phi) is 9.21. The number of hydrogen-bond acceptors (Lipinski definition) is 6. The molecule has 0 amide bonds. The molecule has 5 atom stereocenters. The standard InChI is InChI=1S/C28H32O6/c1-30-28-27(33-20-23-15-9-4-10-16-23)26(32-19-22-13-7-3-8-14-22)25(24(17-29)34-28)31-18-21-11-5-2-6-12-21/h2-16,24-29H,17-20H2,1H3/t24?,25-,26-,27?,28+/m1/s1. The molecule has 1 aliphatic heterocycles. The monoisotopic (exact) mass is 464 g/mol. The van der Waals surface area contributed by atoms with Crippen molar-refractivity contribution in [3.8, 4) is 0 Å². The van der Waals surface area contributed by atoms with Crippen molar-refractivity contribution in [1.29, 1.82) is 0 Å². The number of methoxy groups -OCH3 is 1. The quantitative estimate of drug-likeness (QED) is 0.461. The molecule has 0 aromatic heterocycles. The van der Waals surface area contributed by atoms with E-state index in [0.29, 0.717) is 19.8 Å². The fourth-order valence-corrected chi connectivity index (χ4v) is 4.08. The Balaban J connectivity index is 1.56. The molecule has 0 aliphatic carbocycles. The molecule has 4 rings (SSSR count). The first-order valence-electron chi connectivity index (χ1n) is 11.5. The molecule has 2 unspecified atom stereocenters. The summed E-state index contributed by atoms with van der Waals surface area (Å²) in [5.74, 6) is 0. The van der Waals surface area contributed by atoms with Gasteiger partial charge in [-0.05, 0) is 16.7 Å². The predicted molar refractivity (Wildman–Crippen MR) is 128 cm³/mol. The summed E-state index contributed by atoms with van der Waals surface area (Å²) in [5, 5.41) is 10.1. The Labute approximate surface area is 201 Å². The van der Waals surface area contributed by atoms with E-state index in [9.17, 15) is 5.11 Å². The van der Waals surface area contributed by atoms with Crippen molar-refractivity contribution in [3.05, 3.63) is 108 Å². The van der Waals surface area contributed by atoms with Gasteiger partial charge < -0.3 is 28.8 Å². The van der Waals surface area contributed by atoms with E-state index < -0.39 is 30.7 Å². The van der Waals surface area contributed by atoms with Gasteiger partial charge in [-0.25, -0.2) is 0 Å². The lowest BCUT2D eigenvalue weighted by molar-refractivity contribution is -0.321. The van der Waals surface area contributed by atoms with Crippen LogP contribution in [0.4, 0.5) is 0 Å². The van der Waals surface area contributed by atoms with Crippen molar-refractivity contribution < 1.29 is 28.8 Å². The second-order valence-corrected chi connectivity index (χ2v) is 8.24. The minimum atomic E-state index is -0.710. The first kappa shape index (κ1) is 24.5. The van der Waals surface area contributed by atoms with E-state index in [2.05, 4.69) is 0 Å². The predicted octanol–water partition coefficient (Wildman–Crippen LogP) is 4.11. The minimum Gasteiger partial charge on any atom is -0.394 e. The summed E-state index contributed by atoms with van der Waals surface area (Å²) in [7, 11) is 1.57. The molecule has 180 valence electrons. The van der Waals surface area contributed by atoms with Crippen molar-refractivity contribution in [1.82, 2.24) is 0 Å². The van der Waals surface area contributed by atoms with Gasteiger partial charge in [0.2, 0.25) is 0 Å². The van der Waals surface area contributed by atoms with E-state index in [1.807, 2.05) is 91.0 Å². The Morgan fingerprint density at radius 2 is 1.03 bits per heavy atom. The highest BCUT2D eigenvalue weighted by molar-refractivity contribution is 5.15. The fraction of sp³-hybridized carbons (Fsp3) is 0.357. The molecule has 0 saturated carbocycles. The number of rotatable bonds is 11. The van der Waals surface area contributed by atoms with Gasteiger partial charge in [0, 0.05) is 7.11 Å².